The number of carbonyl (C=O) groups is 1. The summed E-state index contributed by atoms with van der Waals surface area (Å²) < 4.78 is 23.0. The van der Waals surface area contributed by atoms with Crippen LogP contribution in [0.5, 0.6) is 0 Å². The summed E-state index contributed by atoms with van der Waals surface area (Å²) >= 11 is 0. The summed E-state index contributed by atoms with van der Waals surface area (Å²) in [6, 6.07) is 16.4. The number of urea groups is 1. The van der Waals surface area contributed by atoms with Crippen LogP contribution >= 0.6 is 0 Å². The van der Waals surface area contributed by atoms with Crippen LogP contribution in [0, 0.1) is 0 Å². The number of nitrogens with one attached hydrogen (secondary N) is 2. The molecule has 0 bridgehead atoms. The van der Waals surface area contributed by atoms with Crippen molar-refractivity contribution in [1.82, 2.24) is 10.6 Å². The van der Waals surface area contributed by atoms with Crippen LogP contribution in [0.25, 0.3) is 0 Å². The van der Waals surface area contributed by atoms with Gasteiger partial charge in [-0.1, -0.05) is 42.5 Å². The van der Waals surface area contributed by atoms with Gasteiger partial charge >= 0.3 is 6.03 Å². The van der Waals surface area contributed by atoms with E-state index in [2.05, 4.69) is 22.8 Å². The first-order valence-corrected chi connectivity index (χ1v) is 10.6. The highest BCUT2D eigenvalue weighted by Crippen LogP contribution is 2.47. The van der Waals surface area contributed by atoms with Gasteiger partial charge in [-0.15, -0.1) is 0 Å². The van der Waals surface area contributed by atoms with E-state index < -0.39 is 9.84 Å². The first-order chi connectivity index (χ1) is 12.3. The Hall–Kier alpha value is -2.34. The van der Waals surface area contributed by atoms with Gasteiger partial charge in [-0.2, -0.15) is 0 Å². The second kappa shape index (κ2) is 7.11. The fourth-order valence-corrected chi connectivity index (χ4v) is 3.72. The zero-order chi connectivity index (χ0) is 18.8. The van der Waals surface area contributed by atoms with Gasteiger partial charge < -0.3 is 10.6 Å². The molecule has 0 aliphatic heterocycles. The third-order valence-corrected chi connectivity index (χ3v) is 6.11. The second-order valence-electron chi connectivity index (χ2n) is 7.04. The largest absolute Gasteiger partial charge is 0.337 e. The van der Waals surface area contributed by atoms with Crippen molar-refractivity contribution in [2.45, 2.75) is 36.1 Å². The van der Waals surface area contributed by atoms with Crippen LogP contribution in [0.4, 0.5) is 4.79 Å². The fraction of sp³-hybridized carbons (Fsp3) is 0.350. The maximum atomic E-state index is 12.2. The number of hydrogen-bond acceptors (Lipinski definition) is 3. The minimum absolute atomic E-state index is 0.0684. The van der Waals surface area contributed by atoms with Crippen molar-refractivity contribution in [3.63, 3.8) is 0 Å². The summed E-state index contributed by atoms with van der Waals surface area (Å²) in [5, 5.41) is 5.88. The van der Waals surface area contributed by atoms with Gasteiger partial charge in [0.15, 0.2) is 9.84 Å². The normalized spacial score (nSPS) is 16.5. The molecule has 0 saturated heterocycles. The quantitative estimate of drug-likeness (QED) is 0.818. The van der Waals surface area contributed by atoms with Crippen LogP contribution in [0.1, 0.15) is 36.9 Å². The lowest BCUT2D eigenvalue weighted by Gasteiger charge is -2.19. The summed E-state index contributed by atoms with van der Waals surface area (Å²) in [5.74, 6) is 0. The molecule has 2 amide bonds. The van der Waals surface area contributed by atoms with E-state index in [1.54, 1.807) is 24.3 Å². The SMILES string of the molecule is C[C@@H](NC(=O)NCC1(c2ccccc2)CC1)c1ccc(S(C)(=O)=O)cc1. The highest BCUT2D eigenvalue weighted by molar-refractivity contribution is 7.90. The first kappa shape index (κ1) is 18.5. The Morgan fingerprint density at radius 1 is 1.08 bits per heavy atom. The lowest BCUT2D eigenvalue weighted by molar-refractivity contribution is 0.237. The van der Waals surface area contributed by atoms with Crippen molar-refractivity contribution in [1.29, 1.82) is 0 Å². The molecule has 5 nitrogen and oxygen atoms in total. The van der Waals surface area contributed by atoms with E-state index in [0.29, 0.717) is 6.54 Å². The molecule has 2 aromatic rings. The van der Waals surface area contributed by atoms with E-state index in [-0.39, 0.29) is 22.4 Å². The summed E-state index contributed by atoms with van der Waals surface area (Å²) in [6.45, 7) is 2.49. The maximum absolute atomic E-state index is 12.2. The number of benzene rings is 2. The molecule has 138 valence electrons. The Morgan fingerprint density at radius 3 is 2.23 bits per heavy atom. The van der Waals surface area contributed by atoms with Crippen molar-refractivity contribution >= 4 is 15.9 Å². The minimum atomic E-state index is -3.21. The van der Waals surface area contributed by atoms with Gasteiger partial charge in [0, 0.05) is 18.2 Å². The first-order valence-electron chi connectivity index (χ1n) is 8.70. The summed E-state index contributed by atoms with van der Waals surface area (Å²) in [6.07, 6.45) is 3.34. The fourth-order valence-electron chi connectivity index (χ4n) is 3.09. The molecule has 0 unspecified atom stereocenters. The topological polar surface area (TPSA) is 75.3 Å². The number of carbonyl (C=O) groups excluding carboxylic acids is 1. The van der Waals surface area contributed by atoms with Gasteiger partial charge in [0.25, 0.3) is 0 Å². The summed E-state index contributed by atoms with van der Waals surface area (Å²) in [7, 11) is -3.21. The third-order valence-electron chi connectivity index (χ3n) is 4.98. The van der Waals surface area contributed by atoms with Crippen LogP contribution in [0.3, 0.4) is 0 Å². The molecule has 0 spiro atoms. The Bertz CT molecular complexity index is 873. The Balaban J connectivity index is 1.55. The predicted octanol–water partition coefficient (Wildman–Crippen LogP) is 3.18. The van der Waals surface area contributed by atoms with Crippen LogP contribution in [0.15, 0.2) is 59.5 Å². The highest BCUT2D eigenvalue weighted by Gasteiger charge is 2.44. The molecule has 0 radical (unpaired) electrons. The Labute approximate surface area is 154 Å². The van der Waals surface area contributed by atoms with E-state index >= 15 is 0 Å². The third kappa shape index (κ3) is 4.25. The molecule has 3 rings (SSSR count). The standard InChI is InChI=1S/C20H24N2O3S/c1-15(16-8-10-18(11-9-16)26(2,24)25)22-19(23)21-14-20(12-13-20)17-6-4-3-5-7-17/h3-11,15H,12-14H2,1-2H3,(H2,21,22,23)/t15-/m1/s1. The Morgan fingerprint density at radius 2 is 1.69 bits per heavy atom. The van der Waals surface area contributed by atoms with Gasteiger partial charge in [0.05, 0.1) is 10.9 Å². The van der Waals surface area contributed by atoms with Crippen molar-refractivity contribution in [2.24, 2.45) is 0 Å². The van der Waals surface area contributed by atoms with E-state index in [9.17, 15) is 13.2 Å². The van der Waals surface area contributed by atoms with Crippen molar-refractivity contribution < 1.29 is 13.2 Å². The predicted molar refractivity (Wildman–Crippen MR) is 102 cm³/mol. The summed E-state index contributed by atoms with van der Waals surface area (Å²) in [5.41, 5.74) is 2.19. The molecule has 2 aromatic carbocycles. The lowest BCUT2D eigenvalue weighted by Crippen LogP contribution is -2.40. The van der Waals surface area contributed by atoms with Gasteiger partial charge in [-0.05, 0) is 43.0 Å². The molecule has 1 aliphatic rings. The second-order valence-corrected chi connectivity index (χ2v) is 9.05. The van der Waals surface area contributed by atoms with Gasteiger partial charge in [0.1, 0.15) is 0 Å². The minimum Gasteiger partial charge on any atom is -0.337 e. The average Bonchev–Trinajstić information content (AvgIpc) is 3.41. The van der Waals surface area contributed by atoms with E-state index in [1.165, 1.54) is 11.8 Å². The van der Waals surface area contributed by atoms with Crippen molar-refractivity contribution in [2.75, 3.05) is 12.8 Å². The molecule has 26 heavy (non-hydrogen) atoms. The van der Waals surface area contributed by atoms with Gasteiger partial charge in [0.2, 0.25) is 0 Å². The van der Waals surface area contributed by atoms with Gasteiger partial charge in [-0.3, -0.25) is 0 Å². The van der Waals surface area contributed by atoms with Crippen LogP contribution in [-0.4, -0.2) is 27.2 Å². The molecule has 2 N–H and O–H groups in total. The van der Waals surface area contributed by atoms with Crippen molar-refractivity contribution in [3.8, 4) is 0 Å². The number of rotatable bonds is 6. The Kier molecular flexibility index (Phi) is 5.05. The van der Waals surface area contributed by atoms with Crippen LogP contribution in [-0.2, 0) is 15.3 Å². The monoisotopic (exact) mass is 372 g/mol. The van der Waals surface area contributed by atoms with Crippen molar-refractivity contribution in [3.05, 3.63) is 65.7 Å². The van der Waals surface area contributed by atoms with Crippen LogP contribution in [0.2, 0.25) is 0 Å². The molecule has 1 aliphatic carbocycles. The molecule has 0 heterocycles. The molecule has 1 saturated carbocycles. The highest BCUT2D eigenvalue weighted by atomic mass is 32.2. The molecule has 1 atom stereocenters. The summed E-state index contributed by atoms with van der Waals surface area (Å²) in [4.78, 5) is 12.5. The van der Waals surface area contributed by atoms with E-state index in [1.807, 2.05) is 25.1 Å². The number of sulfone groups is 1. The average molecular weight is 372 g/mol. The molecule has 6 heteroatoms. The molecule has 1 fully saturated rings. The van der Waals surface area contributed by atoms with Gasteiger partial charge in [-0.25, -0.2) is 13.2 Å². The zero-order valence-electron chi connectivity index (χ0n) is 15.0. The van der Waals surface area contributed by atoms with Crippen LogP contribution < -0.4 is 10.6 Å². The maximum Gasteiger partial charge on any atom is 0.315 e. The van der Waals surface area contributed by atoms with E-state index in [4.69, 9.17) is 0 Å². The molecular formula is C20H24N2O3S. The molecular weight excluding hydrogens is 348 g/mol. The lowest BCUT2D eigenvalue weighted by atomic mass is 9.96. The molecule has 0 aromatic heterocycles. The van der Waals surface area contributed by atoms with E-state index in [0.717, 1.165) is 18.4 Å². The number of amides is 2. The zero-order valence-corrected chi connectivity index (χ0v) is 15.8. The smallest absolute Gasteiger partial charge is 0.315 e. The number of hydrogen-bond donors (Lipinski definition) is 2.